The number of benzene rings is 1. The first-order valence-corrected chi connectivity index (χ1v) is 6.95. The van der Waals surface area contributed by atoms with Crippen molar-refractivity contribution in [3.05, 3.63) is 53.9 Å². The van der Waals surface area contributed by atoms with E-state index in [0.717, 1.165) is 36.4 Å². The molecular weight excluding hydrogens is 264 g/mol. The molecule has 0 saturated heterocycles. The molecule has 0 aliphatic rings. The van der Waals surface area contributed by atoms with Gasteiger partial charge in [-0.25, -0.2) is 0 Å². The lowest BCUT2D eigenvalue weighted by Gasteiger charge is -2.24. The topological polar surface area (TPSA) is 85.2 Å². The highest BCUT2D eigenvalue weighted by molar-refractivity contribution is 5.91. The lowest BCUT2D eigenvalue weighted by Crippen LogP contribution is -2.24. The first-order valence-electron chi connectivity index (χ1n) is 6.95. The fraction of sp³-hybridized carbons (Fsp3) is 0.250. The van der Waals surface area contributed by atoms with Gasteiger partial charge in [0.1, 0.15) is 5.69 Å². The molecule has 0 spiro atoms. The Bertz CT molecular complexity index is 610. The van der Waals surface area contributed by atoms with Gasteiger partial charge in [0.05, 0.1) is 0 Å². The van der Waals surface area contributed by atoms with Gasteiger partial charge in [0, 0.05) is 30.7 Å². The molecule has 2 rings (SSSR count). The zero-order valence-corrected chi connectivity index (χ0v) is 12.1. The Kier molecular flexibility index (Phi) is 4.77. The third-order valence-electron chi connectivity index (χ3n) is 3.21. The van der Waals surface area contributed by atoms with Gasteiger partial charge in [-0.05, 0) is 36.2 Å². The molecule has 0 saturated carbocycles. The van der Waals surface area contributed by atoms with E-state index < -0.39 is 5.91 Å². The first-order chi connectivity index (χ1) is 10.1. The van der Waals surface area contributed by atoms with Crippen molar-refractivity contribution in [3.8, 4) is 0 Å². The van der Waals surface area contributed by atoms with Gasteiger partial charge in [-0.1, -0.05) is 19.1 Å². The number of anilines is 2. The molecule has 0 aliphatic carbocycles. The lowest BCUT2D eigenvalue weighted by atomic mass is 10.1. The quantitative estimate of drug-likeness (QED) is 0.796. The summed E-state index contributed by atoms with van der Waals surface area (Å²) in [5, 5.41) is 0. The van der Waals surface area contributed by atoms with Crippen LogP contribution >= 0.6 is 0 Å². The molecular formula is C16H20N4O. The molecule has 21 heavy (non-hydrogen) atoms. The molecule has 1 aromatic carbocycles. The maximum Gasteiger partial charge on any atom is 0.267 e. The van der Waals surface area contributed by atoms with Crippen LogP contribution in [-0.2, 0) is 6.54 Å². The normalized spacial score (nSPS) is 10.3. The third-order valence-corrected chi connectivity index (χ3v) is 3.21. The molecule has 110 valence electrons. The summed E-state index contributed by atoms with van der Waals surface area (Å²) >= 11 is 0. The van der Waals surface area contributed by atoms with Crippen molar-refractivity contribution in [1.82, 2.24) is 4.98 Å². The smallest absolute Gasteiger partial charge is 0.267 e. The van der Waals surface area contributed by atoms with Crippen molar-refractivity contribution < 1.29 is 4.79 Å². The average molecular weight is 284 g/mol. The largest absolute Gasteiger partial charge is 0.399 e. The van der Waals surface area contributed by atoms with Crippen LogP contribution in [0.2, 0.25) is 0 Å². The van der Waals surface area contributed by atoms with Crippen molar-refractivity contribution in [2.75, 3.05) is 17.2 Å². The van der Waals surface area contributed by atoms with Gasteiger partial charge < -0.3 is 16.4 Å². The van der Waals surface area contributed by atoms with Crippen molar-refractivity contribution >= 4 is 17.3 Å². The second-order valence-corrected chi connectivity index (χ2v) is 4.93. The fourth-order valence-electron chi connectivity index (χ4n) is 2.16. The average Bonchev–Trinajstić information content (AvgIpc) is 2.49. The van der Waals surface area contributed by atoms with Crippen LogP contribution in [0.15, 0.2) is 42.6 Å². The summed E-state index contributed by atoms with van der Waals surface area (Å²) in [5.74, 6) is -0.513. The van der Waals surface area contributed by atoms with Crippen LogP contribution in [0.4, 0.5) is 11.4 Å². The summed E-state index contributed by atoms with van der Waals surface area (Å²) in [7, 11) is 0. The fourth-order valence-corrected chi connectivity index (χ4v) is 2.16. The summed E-state index contributed by atoms with van der Waals surface area (Å²) in [6.07, 6.45) is 2.62. The summed E-state index contributed by atoms with van der Waals surface area (Å²) in [6.45, 7) is 3.75. The van der Waals surface area contributed by atoms with Crippen LogP contribution < -0.4 is 16.4 Å². The molecule has 0 fully saturated rings. The van der Waals surface area contributed by atoms with E-state index in [2.05, 4.69) is 16.8 Å². The lowest BCUT2D eigenvalue weighted by molar-refractivity contribution is 0.0995. The van der Waals surface area contributed by atoms with E-state index in [1.54, 1.807) is 12.3 Å². The SMILES string of the molecule is CCCN(Cc1ccc(N)cc1)c1ccnc(C(N)=O)c1. The number of aromatic nitrogens is 1. The Morgan fingerprint density at radius 3 is 2.57 bits per heavy atom. The van der Waals surface area contributed by atoms with E-state index in [1.807, 2.05) is 30.3 Å². The maximum atomic E-state index is 11.3. The highest BCUT2D eigenvalue weighted by Crippen LogP contribution is 2.18. The van der Waals surface area contributed by atoms with Gasteiger partial charge in [0.2, 0.25) is 0 Å². The molecule has 1 amide bonds. The van der Waals surface area contributed by atoms with Crippen molar-refractivity contribution in [1.29, 1.82) is 0 Å². The summed E-state index contributed by atoms with van der Waals surface area (Å²) < 4.78 is 0. The third kappa shape index (κ3) is 3.95. The summed E-state index contributed by atoms with van der Waals surface area (Å²) in [5.41, 5.74) is 14.1. The zero-order chi connectivity index (χ0) is 15.2. The molecule has 1 heterocycles. The number of nitrogen functional groups attached to an aromatic ring is 1. The number of amides is 1. The van der Waals surface area contributed by atoms with Crippen LogP contribution in [0.3, 0.4) is 0 Å². The van der Waals surface area contributed by atoms with Crippen LogP contribution in [0.1, 0.15) is 29.4 Å². The molecule has 0 bridgehead atoms. The maximum absolute atomic E-state index is 11.3. The monoisotopic (exact) mass is 284 g/mol. The van der Waals surface area contributed by atoms with Crippen LogP contribution in [-0.4, -0.2) is 17.4 Å². The molecule has 0 atom stereocenters. The van der Waals surface area contributed by atoms with Gasteiger partial charge >= 0.3 is 0 Å². The van der Waals surface area contributed by atoms with E-state index in [4.69, 9.17) is 11.5 Å². The summed E-state index contributed by atoms with van der Waals surface area (Å²) in [6, 6.07) is 11.4. The predicted octanol–water partition coefficient (Wildman–Crippen LogP) is 2.18. The molecule has 2 aromatic rings. The molecule has 4 N–H and O–H groups in total. The van der Waals surface area contributed by atoms with Crippen molar-refractivity contribution in [2.24, 2.45) is 5.73 Å². The van der Waals surface area contributed by atoms with Crippen LogP contribution in [0.25, 0.3) is 0 Å². The van der Waals surface area contributed by atoms with Crippen molar-refractivity contribution in [3.63, 3.8) is 0 Å². The minimum absolute atomic E-state index is 0.283. The van der Waals surface area contributed by atoms with Gasteiger partial charge in [-0.2, -0.15) is 0 Å². The minimum Gasteiger partial charge on any atom is -0.399 e. The Morgan fingerprint density at radius 2 is 1.95 bits per heavy atom. The van der Waals surface area contributed by atoms with E-state index in [1.165, 1.54) is 0 Å². The Balaban J connectivity index is 2.23. The van der Waals surface area contributed by atoms with E-state index in [0.29, 0.717) is 0 Å². The number of hydrogen-bond donors (Lipinski definition) is 2. The second kappa shape index (κ2) is 6.74. The molecule has 0 aliphatic heterocycles. The molecule has 0 unspecified atom stereocenters. The number of carbonyl (C=O) groups excluding carboxylic acids is 1. The zero-order valence-electron chi connectivity index (χ0n) is 12.1. The minimum atomic E-state index is -0.513. The van der Waals surface area contributed by atoms with Crippen LogP contribution in [0, 0.1) is 0 Å². The number of nitrogens with two attached hydrogens (primary N) is 2. The number of primary amides is 1. The van der Waals surface area contributed by atoms with Gasteiger partial charge in [0.25, 0.3) is 5.91 Å². The Morgan fingerprint density at radius 1 is 1.24 bits per heavy atom. The first kappa shape index (κ1) is 14.8. The molecule has 0 radical (unpaired) electrons. The van der Waals surface area contributed by atoms with E-state index >= 15 is 0 Å². The van der Waals surface area contributed by atoms with Crippen molar-refractivity contribution in [2.45, 2.75) is 19.9 Å². The Hall–Kier alpha value is -2.56. The van der Waals surface area contributed by atoms with Gasteiger partial charge in [-0.3, -0.25) is 9.78 Å². The molecule has 1 aromatic heterocycles. The highest BCUT2D eigenvalue weighted by Gasteiger charge is 2.10. The number of pyridine rings is 1. The molecule has 5 nitrogen and oxygen atoms in total. The van der Waals surface area contributed by atoms with Gasteiger partial charge in [-0.15, -0.1) is 0 Å². The highest BCUT2D eigenvalue weighted by atomic mass is 16.1. The van der Waals surface area contributed by atoms with Crippen LogP contribution in [0.5, 0.6) is 0 Å². The summed E-state index contributed by atoms with van der Waals surface area (Å²) in [4.78, 5) is 17.4. The number of carbonyl (C=O) groups is 1. The number of hydrogen-bond acceptors (Lipinski definition) is 4. The predicted molar refractivity (Wildman–Crippen MR) is 85.0 cm³/mol. The standard InChI is InChI=1S/C16H20N4O/c1-2-9-20(11-12-3-5-13(17)6-4-12)14-7-8-19-15(10-14)16(18)21/h3-8,10H,2,9,11,17H2,1H3,(H2,18,21). The number of nitrogens with zero attached hydrogens (tertiary/aromatic N) is 2. The second-order valence-electron chi connectivity index (χ2n) is 4.93. The molecule has 5 heteroatoms. The van der Waals surface area contributed by atoms with Gasteiger partial charge in [0.15, 0.2) is 0 Å². The van der Waals surface area contributed by atoms with E-state index in [-0.39, 0.29) is 5.69 Å². The number of rotatable bonds is 6. The Labute approximate surface area is 124 Å². The van der Waals surface area contributed by atoms with E-state index in [9.17, 15) is 4.79 Å².